The Balaban J connectivity index is 4.34. The number of carbonyl (C=O) groups is 3. The Morgan fingerprint density at radius 2 is 0.667 bits per heavy atom. The fraction of sp³-hybridized carbons (Fsp3) is 0.854. The van der Waals surface area contributed by atoms with Crippen LogP contribution in [0.4, 0.5) is 0 Å². The summed E-state index contributed by atoms with van der Waals surface area (Å²) < 4.78 is 16.7. The van der Waals surface area contributed by atoms with Crippen molar-refractivity contribution < 1.29 is 28.6 Å². The van der Waals surface area contributed by atoms with Gasteiger partial charge in [0.15, 0.2) is 6.10 Å². The third-order valence-corrected chi connectivity index (χ3v) is 10.2. The van der Waals surface area contributed by atoms with Crippen LogP contribution in [0.2, 0.25) is 0 Å². The highest BCUT2D eigenvalue weighted by Crippen LogP contribution is 2.15. The molecule has 316 valence electrons. The lowest BCUT2D eigenvalue weighted by Crippen LogP contribution is -2.30. The van der Waals surface area contributed by atoms with Crippen molar-refractivity contribution in [2.24, 2.45) is 0 Å². The topological polar surface area (TPSA) is 78.9 Å². The summed E-state index contributed by atoms with van der Waals surface area (Å²) in [6, 6.07) is 0. The predicted molar refractivity (Wildman–Crippen MR) is 229 cm³/mol. The fourth-order valence-electron chi connectivity index (χ4n) is 6.65. The minimum absolute atomic E-state index is 0.0780. The van der Waals surface area contributed by atoms with Crippen LogP contribution in [-0.4, -0.2) is 37.2 Å². The number of rotatable bonds is 42. The van der Waals surface area contributed by atoms with Crippen LogP contribution in [-0.2, 0) is 28.6 Å². The van der Waals surface area contributed by atoms with E-state index in [-0.39, 0.29) is 31.1 Å². The molecule has 0 rings (SSSR count). The lowest BCUT2D eigenvalue weighted by atomic mass is 10.0. The Kier molecular flexibility index (Phi) is 41.9. The van der Waals surface area contributed by atoms with Gasteiger partial charge in [0.25, 0.3) is 0 Å². The summed E-state index contributed by atoms with van der Waals surface area (Å²) in [6.07, 6.45) is 47.3. The van der Waals surface area contributed by atoms with E-state index >= 15 is 0 Å². The van der Waals surface area contributed by atoms with E-state index in [4.69, 9.17) is 14.2 Å². The molecule has 6 nitrogen and oxygen atoms in total. The predicted octanol–water partition coefficient (Wildman–Crippen LogP) is 14.8. The summed E-state index contributed by atoms with van der Waals surface area (Å²) in [5.74, 6) is -0.901. The number of ether oxygens (including phenoxy) is 3. The quantitative estimate of drug-likeness (QED) is 0.0267. The van der Waals surface area contributed by atoms with E-state index in [1.54, 1.807) is 0 Å². The molecule has 54 heavy (non-hydrogen) atoms. The highest BCUT2D eigenvalue weighted by Gasteiger charge is 2.19. The highest BCUT2D eigenvalue weighted by atomic mass is 16.6. The zero-order chi connectivity index (χ0) is 39.4. The number of unbranched alkanes of at least 4 members (excludes halogenated alkanes) is 28. The molecule has 0 saturated carbocycles. The smallest absolute Gasteiger partial charge is 0.306 e. The maximum Gasteiger partial charge on any atom is 0.306 e. The average molecular weight is 761 g/mol. The molecule has 0 amide bonds. The molecule has 0 aromatic rings. The van der Waals surface area contributed by atoms with Crippen molar-refractivity contribution in [3.05, 3.63) is 24.3 Å². The van der Waals surface area contributed by atoms with Gasteiger partial charge < -0.3 is 14.2 Å². The summed E-state index contributed by atoms with van der Waals surface area (Å²) >= 11 is 0. The van der Waals surface area contributed by atoms with Crippen LogP contribution in [0.15, 0.2) is 24.3 Å². The summed E-state index contributed by atoms with van der Waals surface area (Å²) in [5, 5.41) is 0. The van der Waals surface area contributed by atoms with Crippen molar-refractivity contribution in [3.63, 3.8) is 0 Å². The molecule has 0 aliphatic heterocycles. The Bertz CT molecular complexity index is 880. The molecule has 0 aliphatic carbocycles. The first-order chi connectivity index (χ1) is 26.5. The molecule has 1 unspecified atom stereocenters. The summed E-state index contributed by atoms with van der Waals surface area (Å²) in [6.45, 7) is 6.56. The van der Waals surface area contributed by atoms with E-state index < -0.39 is 6.10 Å². The van der Waals surface area contributed by atoms with Crippen LogP contribution in [0.1, 0.15) is 245 Å². The number of hydrogen-bond donors (Lipinski definition) is 0. The van der Waals surface area contributed by atoms with E-state index in [2.05, 4.69) is 45.1 Å². The van der Waals surface area contributed by atoms with Crippen LogP contribution in [0, 0.1) is 0 Å². The number of carbonyl (C=O) groups excluding carboxylic acids is 3. The summed E-state index contributed by atoms with van der Waals surface area (Å²) in [4.78, 5) is 37.7. The average Bonchev–Trinajstić information content (AvgIpc) is 3.17. The van der Waals surface area contributed by atoms with E-state index in [0.29, 0.717) is 19.3 Å². The van der Waals surface area contributed by atoms with E-state index in [1.165, 1.54) is 135 Å². The largest absolute Gasteiger partial charge is 0.462 e. The molecule has 0 spiro atoms. The molecule has 6 heteroatoms. The van der Waals surface area contributed by atoms with E-state index in [0.717, 1.165) is 70.6 Å². The van der Waals surface area contributed by atoms with Gasteiger partial charge in [0.05, 0.1) is 0 Å². The molecular weight excluding hydrogens is 673 g/mol. The van der Waals surface area contributed by atoms with E-state index in [1.807, 2.05) is 0 Å². The van der Waals surface area contributed by atoms with Gasteiger partial charge in [-0.1, -0.05) is 212 Å². The van der Waals surface area contributed by atoms with Crippen molar-refractivity contribution in [2.75, 3.05) is 13.2 Å². The summed E-state index contributed by atoms with van der Waals surface area (Å²) in [7, 11) is 0. The molecule has 0 fully saturated rings. The normalized spacial score (nSPS) is 12.1. The highest BCUT2D eigenvalue weighted by molar-refractivity contribution is 5.71. The van der Waals surface area contributed by atoms with Crippen LogP contribution >= 0.6 is 0 Å². The Morgan fingerprint density at radius 1 is 0.370 bits per heavy atom. The maximum absolute atomic E-state index is 12.7. The molecular formula is C48H88O6. The van der Waals surface area contributed by atoms with Crippen LogP contribution in [0.5, 0.6) is 0 Å². The summed E-state index contributed by atoms with van der Waals surface area (Å²) in [5.41, 5.74) is 0. The van der Waals surface area contributed by atoms with Crippen molar-refractivity contribution >= 4 is 17.9 Å². The molecule has 0 saturated heterocycles. The van der Waals surface area contributed by atoms with Crippen LogP contribution in [0.25, 0.3) is 0 Å². The molecule has 0 heterocycles. The lowest BCUT2D eigenvalue weighted by Gasteiger charge is -2.18. The molecule has 1 atom stereocenters. The van der Waals surface area contributed by atoms with Crippen molar-refractivity contribution in [3.8, 4) is 0 Å². The van der Waals surface area contributed by atoms with Gasteiger partial charge in [0, 0.05) is 19.3 Å². The number of allylic oxidation sites excluding steroid dienone is 4. The van der Waals surface area contributed by atoms with Crippen molar-refractivity contribution in [1.82, 2.24) is 0 Å². The third-order valence-electron chi connectivity index (χ3n) is 10.2. The van der Waals surface area contributed by atoms with Gasteiger partial charge in [0.1, 0.15) is 13.2 Å². The molecule has 0 aromatic carbocycles. The second-order valence-electron chi connectivity index (χ2n) is 15.7. The minimum Gasteiger partial charge on any atom is -0.462 e. The van der Waals surface area contributed by atoms with Gasteiger partial charge in [-0.3, -0.25) is 14.4 Å². The van der Waals surface area contributed by atoms with Gasteiger partial charge in [-0.15, -0.1) is 0 Å². The maximum atomic E-state index is 12.7. The lowest BCUT2D eigenvalue weighted by molar-refractivity contribution is -0.167. The number of esters is 3. The monoisotopic (exact) mass is 761 g/mol. The molecule has 0 N–H and O–H groups in total. The first-order valence-electron chi connectivity index (χ1n) is 23.4. The Hall–Kier alpha value is -2.11. The number of hydrogen-bond acceptors (Lipinski definition) is 6. The Labute approximate surface area is 334 Å². The minimum atomic E-state index is -0.776. The molecule has 0 radical (unpaired) electrons. The van der Waals surface area contributed by atoms with Gasteiger partial charge in [0.2, 0.25) is 0 Å². The van der Waals surface area contributed by atoms with Crippen molar-refractivity contribution in [2.45, 2.75) is 252 Å². The molecule has 0 aliphatic rings. The van der Waals surface area contributed by atoms with Gasteiger partial charge in [-0.05, 0) is 38.5 Å². The zero-order valence-corrected chi connectivity index (χ0v) is 36.0. The zero-order valence-electron chi connectivity index (χ0n) is 36.0. The third kappa shape index (κ3) is 41.1. The second kappa shape index (κ2) is 43.6. The van der Waals surface area contributed by atoms with Crippen LogP contribution < -0.4 is 0 Å². The second-order valence-corrected chi connectivity index (χ2v) is 15.7. The van der Waals surface area contributed by atoms with E-state index in [9.17, 15) is 14.4 Å². The van der Waals surface area contributed by atoms with Gasteiger partial charge in [-0.2, -0.15) is 0 Å². The Morgan fingerprint density at radius 3 is 1.04 bits per heavy atom. The van der Waals surface area contributed by atoms with Crippen LogP contribution in [0.3, 0.4) is 0 Å². The standard InChI is InChI=1S/C48H88O6/c1-4-7-10-13-16-19-22-23-24-25-27-29-32-35-38-41-47(50)53-44-45(43-52-46(49)40-37-34-31-28-21-18-15-12-9-6-3)54-48(51)42-39-36-33-30-26-20-17-14-11-8-5-2/h14,17,20,26,45H,4-13,15-16,18-19,21-25,27-44H2,1-3H3/b17-14-,26-20-. The first-order valence-corrected chi connectivity index (χ1v) is 23.4. The molecule has 0 bridgehead atoms. The van der Waals surface area contributed by atoms with Gasteiger partial charge >= 0.3 is 17.9 Å². The molecule has 0 aromatic heterocycles. The SMILES string of the molecule is CCCC/C=C\C=C/CCCCCC(=O)OC(COC(=O)CCCCCCCCCCCC)COC(=O)CCCCCCCCCCCCCCCCC. The van der Waals surface area contributed by atoms with Gasteiger partial charge in [-0.25, -0.2) is 0 Å². The van der Waals surface area contributed by atoms with Crippen molar-refractivity contribution in [1.29, 1.82) is 0 Å². The first kappa shape index (κ1) is 51.9. The fourth-order valence-corrected chi connectivity index (χ4v) is 6.65.